The van der Waals surface area contributed by atoms with Crippen LogP contribution in [0, 0.1) is 11.8 Å². The van der Waals surface area contributed by atoms with Crippen LogP contribution in [0.1, 0.15) is 25.7 Å². The Morgan fingerprint density at radius 3 is 2.22 bits per heavy atom. The lowest BCUT2D eigenvalue weighted by atomic mass is 9.83. The minimum absolute atomic E-state index is 1.11. The van der Waals surface area contributed by atoms with E-state index in [-0.39, 0.29) is 0 Å². The molecule has 1 heterocycles. The average Bonchev–Trinajstić information content (AvgIpc) is 1.88. The summed E-state index contributed by atoms with van der Waals surface area (Å²) in [6, 6.07) is 0. The molecule has 1 aliphatic carbocycles. The van der Waals surface area contributed by atoms with E-state index in [1.54, 1.807) is 6.42 Å². The van der Waals surface area contributed by atoms with Crippen LogP contribution in [0.15, 0.2) is 0 Å². The second-order valence-electron chi connectivity index (χ2n) is 3.44. The highest BCUT2D eigenvalue weighted by molar-refractivity contribution is 7.99. The van der Waals surface area contributed by atoms with E-state index in [2.05, 4.69) is 11.8 Å². The molecule has 2 unspecified atom stereocenters. The topological polar surface area (TPSA) is 0 Å². The summed E-state index contributed by atoms with van der Waals surface area (Å²) >= 11 is 2.19. The molecule has 9 heavy (non-hydrogen) atoms. The molecule has 52 valence electrons. The summed E-state index contributed by atoms with van der Waals surface area (Å²) in [6.07, 6.45) is 6.15. The second-order valence-corrected chi connectivity index (χ2v) is 4.51. The van der Waals surface area contributed by atoms with Crippen molar-refractivity contribution < 1.29 is 0 Å². The SMILES string of the molecule is C1CC2CSCC(C1)C2. The third kappa shape index (κ3) is 1.26. The molecule has 1 saturated heterocycles. The highest BCUT2D eigenvalue weighted by atomic mass is 32.2. The molecule has 0 nitrogen and oxygen atoms in total. The Morgan fingerprint density at radius 1 is 1.00 bits per heavy atom. The molecule has 1 aliphatic heterocycles. The predicted molar refractivity (Wildman–Crippen MR) is 42.8 cm³/mol. The number of hydrogen-bond acceptors (Lipinski definition) is 1. The van der Waals surface area contributed by atoms with E-state index < -0.39 is 0 Å². The molecule has 2 aliphatic rings. The van der Waals surface area contributed by atoms with Gasteiger partial charge in [-0.3, -0.25) is 0 Å². The minimum Gasteiger partial charge on any atom is -0.161 e. The number of thioether (sulfide) groups is 1. The van der Waals surface area contributed by atoms with Crippen LogP contribution < -0.4 is 0 Å². The first-order valence-electron chi connectivity index (χ1n) is 4.03. The van der Waals surface area contributed by atoms with Gasteiger partial charge < -0.3 is 0 Å². The van der Waals surface area contributed by atoms with Crippen LogP contribution in [0.25, 0.3) is 0 Å². The Bertz CT molecular complexity index is 80.7. The summed E-state index contributed by atoms with van der Waals surface area (Å²) < 4.78 is 0. The lowest BCUT2D eigenvalue weighted by molar-refractivity contribution is 0.299. The largest absolute Gasteiger partial charge is 0.161 e. The monoisotopic (exact) mass is 142 g/mol. The smallest absolute Gasteiger partial charge is 0.00389 e. The van der Waals surface area contributed by atoms with Crippen LogP contribution in [0.4, 0.5) is 0 Å². The van der Waals surface area contributed by atoms with Gasteiger partial charge in [-0.2, -0.15) is 11.8 Å². The quantitative estimate of drug-likeness (QED) is 0.501. The molecule has 0 aromatic carbocycles. The van der Waals surface area contributed by atoms with Crippen molar-refractivity contribution in [3.63, 3.8) is 0 Å². The molecule has 0 N–H and O–H groups in total. The molecule has 1 saturated carbocycles. The Morgan fingerprint density at radius 2 is 1.67 bits per heavy atom. The van der Waals surface area contributed by atoms with Gasteiger partial charge >= 0.3 is 0 Å². The fraction of sp³-hybridized carbons (Fsp3) is 1.00. The van der Waals surface area contributed by atoms with Crippen molar-refractivity contribution in [2.45, 2.75) is 25.7 Å². The van der Waals surface area contributed by atoms with Gasteiger partial charge in [-0.05, 0) is 42.6 Å². The predicted octanol–water partition coefficient (Wildman–Crippen LogP) is 2.54. The summed E-state index contributed by atoms with van der Waals surface area (Å²) in [5.41, 5.74) is 0. The van der Waals surface area contributed by atoms with Crippen molar-refractivity contribution in [3.05, 3.63) is 0 Å². The zero-order chi connectivity index (χ0) is 6.10. The van der Waals surface area contributed by atoms with Crippen LogP contribution in [-0.4, -0.2) is 11.5 Å². The Hall–Kier alpha value is 0.350. The van der Waals surface area contributed by atoms with Gasteiger partial charge in [0.05, 0.1) is 0 Å². The lowest BCUT2D eigenvalue weighted by Gasteiger charge is -2.33. The summed E-state index contributed by atoms with van der Waals surface area (Å²) in [5.74, 6) is 5.16. The van der Waals surface area contributed by atoms with Gasteiger partial charge in [-0.15, -0.1) is 0 Å². The van der Waals surface area contributed by atoms with Gasteiger partial charge in [-0.25, -0.2) is 0 Å². The number of rotatable bonds is 0. The zero-order valence-corrected chi connectivity index (χ0v) is 6.62. The molecule has 0 amide bonds. The molecule has 2 atom stereocenters. The Kier molecular flexibility index (Phi) is 1.71. The van der Waals surface area contributed by atoms with E-state index in [9.17, 15) is 0 Å². The van der Waals surface area contributed by atoms with E-state index in [1.807, 2.05) is 0 Å². The second kappa shape index (κ2) is 2.53. The first-order valence-corrected chi connectivity index (χ1v) is 5.18. The van der Waals surface area contributed by atoms with Crippen molar-refractivity contribution in [2.24, 2.45) is 11.8 Å². The molecular weight excluding hydrogens is 128 g/mol. The van der Waals surface area contributed by atoms with E-state index in [0.717, 1.165) is 11.8 Å². The average molecular weight is 142 g/mol. The standard InChI is InChI=1S/C8H14S/c1-2-7-4-8(3-1)6-9-5-7/h7-8H,1-6H2. The van der Waals surface area contributed by atoms with Crippen molar-refractivity contribution in [1.29, 1.82) is 0 Å². The maximum Gasteiger partial charge on any atom is -0.00389 e. The Labute approximate surface area is 61.4 Å². The van der Waals surface area contributed by atoms with E-state index in [1.165, 1.54) is 30.8 Å². The summed E-state index contributed by atoms with van der Waals surface area (Å²) in [5, 5.41) is 0. The van der Waals surface area contributed by atoms with Crippen LogP contribution in [0.2, 0.25) is 0 Å². The fourth-order valence-electron chi connectivity index (χ4n) is 2.11. The van der Waals surface area contributed by atoms with Gasteiger partial charge in [0.25, 0.3) is 0 Å². The van der Waals surface area contributed by atoms with Crippen LogP contribution in [0.5, 0.6) is 0 Å². The summed E-state index contributed by atoms with van der Waals surface area (Å²) in [4.78, 5) is 0. The summed E-state index contributed by atoms with van der Waals surface area (Å²) in [7, 11) is 0. The normalized spacial score (nSPS) is 42.7. The van der Waals surface area contributed by atoms with Crippen molar-refractivity contribution in [3.8, 4) is 0 Å². The molecule has 2 fully saturated rings. The molecule has 0 aromatic heterocycles. The molecule has 0 spiro atoms. The number of fused-ring (bicyclic) bond motifs is 2. The van der Waals surface area contributed by atoms with Crippen molar-refractivity contribution in [2.75, 3.05) is 11.5 Å². The highest BCUT2D eigenvalue weighted by Crippen LogP contribution is 2.37. The molecule has 0 aromatic rings. The minimum atomic E-state index is 1.11. The lowest BCUT2D eigenvalue weighted by Crippen LogP contribution is -2.23. The Balaban J connectivity index is 1.96. The van der Waals surface area contributed by atoms with Crippen LogP contribution in [-0.2, 0) is 0 Å². The van der Waals surface area contributed by atoms with E-state index in [4.69, 9.17) is 0 Å². The molecular formula is C8H14S. The van der Waals surface area contributed by atoms with E-state index in [0.29, 0.717) is 0 Å². The first kappa shape index (κ1) is 6.09. The highest BCUT2D eigenvalue weighted by Gasteiger charge is 2.25. The maximum atomic E-state index is 2.19. The van der Waals surface area contributed by atoms with Crippen molar-refractivity contribution >= 4 is 11.8 Å². The molecule has 2 rings (SSSR count). The van der Waals surface area contributed by atoms with Gasteiger partial charge in [0.2, 0.25) is 0 Å². The summed E-state index contributed by atoms with van der Waals surface area (Å²) in [6.45, 7) is 0. The maximum absolute atomic E-state index is 2.19. The molecule has 2 bridgehead atoms. The molecule has 0 radical (unpaired) electrons. The third-order valence-electron chi connectivity index (χ3n) is 2.60. The first-order chi connectivity index (χ1) is 4.45. The third-order valence-corrected chi connectivity index (χ3v) is 4.01. The molecule has 1 heteroatoms. The van der Waals surface area contributed by atoms with E-state index >= 15 is 0 Å². The zero-order valence-electron chi connectivity index (χ0n) is 5.81. The van der Waals surface area contributed by atoms with Gasteiger partial charge in [0.1, 0.15) is 0 Å². The van der Waals surface area contributed by atoms with Gasteiger partial charge in [-0.1, -0.05) is 6.42 Å². The fourth-order valence-corrected chi connectivity index (χ4v) is 3.51. The van der Waals surface area contributed by atoms with Crippen LogP contribution >= 0.6 is 11.8 Å². The van der Waals surface area contributed by atoms with Crippen molar-refractivity contribution in [1.82, 2.24) is 0 Å². The van der Waals surface area contributed by atoms with Gasteiger partial charge in [0.15, 0.2) is 0 Å². The van der Waals surface area contributed by atoms with Crippen LogP contribution in [0.3, 0.4) is 0 Å². The number of hydrogen-bond donors (Lipinski definition) is 0. The van der Waals surface area contributed by atoms with Gasteiger partial charge in [0, 0.05) is 0 Å².